The molecule has 0 unspecified atom stereocenters. The molecule has 0 spiro atoms. The third kappa shape index (κ3) is 19.2. The van der Waals surface area contributed by atoms with Crippen LogP contribution in [-0.2, 0) is 40.8 Å². The molecule has 0 aliphatic carbocycles. The van der Waals surface area contributed by atoms with Gasteiger partial charge in [-0.25, -0.2) is 19.9 Å². The van der Waals surface area contributed by atoms with Gasteiger partial charge in [0.2, 0.25) is 0 Å². The van der Waals surface area contributed by atoms with E-state index in [1.807, 2.05) is 21.5 Å². The van der Waals surface area contributed by atoms with E-state index in [4.69, 9.17) is 0 Å². The van der Waals surface area contributed by atoms with E-state index in [1.165, 1.54) is 12.1 Å². The fraction of sp³-hybridized carbons (Fsp3) is 0.0476. The van der Waals surface area contributed by atoms with Gasteiger partial charge in [-0.1, -0.05) is 12.1 Å². The fourth-order valence-corrected chi connectivity index (χ4v) is 2.25. The van der Waals surface area contributed by atoms with Crippen molar-refractivity contribution in [3.63, 3.8) is 0 Å². The zero-order valence-corrected chi connectivity index (χ0v) is 23.1. The van der Waals surface area contributed by atoms with Crippen molar-refractivity contribution in [1.29, 1.82) is 0 Å². The van der Waals surface area contributed by atoms with Gasteiger partial charge in [-0.3, -0.25) is 0 Å². The Kier molecular flexibility index (Phi) is 34.9. The minimum absolute atomic E-state index is 0. The van der Waals surface area contributed by atoms with E-state index in [1.54, 1.807) is 25.0 Å². The summed E-state index contributed by atoms with van der Waals surface area (Å²) >= 11 is 0. The number of aromatic nitrogens is 6. The van der Waals surface area contributed by atoms with Crippen LogP contribution in [0.25, 0.3) is 0 Å². The van der Waals surface area contributed by atoms with Crippen molar-refractivity contribution >= 4 is 23.9 Å². The molecule has 246 valence electrons. The Balaban J connectivity index is -0.0000000827. The molecule has 0 fully saturated rings. The summed E-state index contributed by atoms with van der Waals surface area (Å²) < 4.78 is 3.95. The number of carboxylic acid groups (broad SMARTS) is 4. The second-order valence-electron chi connectivity index (χ2n) is 6.26. The fourth-order valence-electron chi connectivity index (χ4n) is 2.25. The predicted octanol–water partition coefficient (Wildman–Crippen LogP) is -8.75. The van der Waals surface area contributed by atoms with Gasteiger partial charge < -0.3 is 81.6 Å². The van der Waals surface area contributed by atoms with Crippen molar-refractivity contribution in [1.82, 2.24) is 29.1 Å². The summed E-state index contributed by atoms with van der Waals surface area (Å²) in [7, 11) is 0. The topological polar surface area (TPSA) is 411 Å². The van der Waals surface area contributed by atoms with E-state index in [2.05, 4.69) is 19.9 Å². The number of aromatic carboxylic acids is 4. The van der Waals surface area contributed by atoms with E-state index in [0.717, 1.165) is 30.9 Å². The Bertz CT molecular complexity index is 1150. The second kappa shape index (κ2) is 27.6. The van der Waals surface area contributed by atoms with Crippen LogP contribution in [0.15, 0.2) is 73.8 Å². The predicted molar refractivity (Wildman–Crippen MR) is 127 cm³/mol. The van der Waals surface area contributed by atoms with Gasteiger partial charge in [0, 0.05) is 24.8 Å². The van der Waals surface area contributed by atoms with Gasteiger partial charge in [0.05, 0.1) is 59.3 Å². The summed E-state index contributed by atoms with van der Waals surface area (Å²) in [5, 5.41) is 40.8. The number of rotatable bonds is 6. The first kappa shape index (κ1) is 54.5. The molecule has 0 atom stereocenters. The number of carbonyl (C=O) groups excluding carboxylic acids is 4. The molecule has 4 heterocycles. The SMILES string of the molecule is O.O.O.O.O.O.O=C([O-])c1cccc(C(=O)[O-])n1.O=C([O-])c1cccc(C(=O)[O-])n1.[Cu+2].[Cu+2].c1cn(Cn2ccnc2)cn1. The van der Waals surface area contributed by atoms with Gasteiger partial charge in [-0.2, -0.15) is 0 Å². The zero-order chi connectivity index (χ0) is 25.8. The van der Waals surface area contributed by atoms with Crippen molar-refractivity contribution in [2.45, 2.75) is 6.67 Å². The van der Waals surface area contributed by atoms with Crippen LogP contribution in [0.5, 0.6) is 0 Å². The molecule has 0 amide bonds. The van der Waals surface area contributed by atoms with Gasteiger partial charge in [0.1, 0.15) is 6.67 Å². The van der Waals surface area contributed by atoms with Crippen LogP contribution in [0, 0.1) is 0 Å². The molecule has 2 radical (unpaired) electrons. The first-order chi connectivity index (χ1) is 16.7. The van der Waals surface area contributed by atoms with Gasteiger partial charge in [-0.15, -0.1) is 0 Å². The van der Waals surface area contributed by atoms with Gasteiger partial charge in [0.25, 0.3) is 0 Å². The number of hydrogen-bond acceptors (Lipinski definition) is 12. The van der Waals surface area contributed by atoms with Crippen LogP contribution < -0.4 is 20.4 Å². The molecule has 4 rings (SSSR count). The van der Waals surface area contributed by atoms with Crippen LogP contribution in [0.4, 0.5) is 0 Å². The Morgan fingerprint density at radius 3 is 0.977 bits per heavy atom. The average molecular weight is 714 g/mol. The number of carboxylic acids is 4. The van der Waals surface area contributed by atoms with Crippen molar-refractivity contribution in [2.75, 3.05) is 0 Å². The standard InChI is InChI=1S/C7H8N4.2C7H5NO4.2Cu.6H2O/c1-3-10(5-8-1)7-11-4-2-9-6-11;2*9-6(10)4-2-1-3-5(8-4)7(11)12;;;;;;;;/h1-6H,7H2;2*1-3H,(H,9,10)(H,11,12);;;6*1H2/q;;;2*+2;;;;;;/p-4. The molecule has 0 aliphatic heterocycles. The van der Waals surface area contributed by atoms with Crippen molar-refractivity contribution in [2.24, 2.45) is 0 Å². The minimum atomic E-state index is -1.52. The van der Waals surface area contributed by atoms with Crippen molar-refractivity contribution in [3.8, 4) is 0 Å². The molecule has 43 heavy (non-hydrogen) atoms. The van der Waals surface area contributed by atoms with Gasteiger partial charge in [0.15, 0.2) is 0 Å². The number of hydrogen-bond donors (Lipinski definition) is 0. The first-order valence-corrected chi connectivity index (χ1v) is 9.38. The van der Waals surface area contributed by atoms with Crippen LogP contribution in [0.2, 0.25) is 0 Å². The molecule has 22 heteroatoms. The molecule has 0 saturated carbocycles. The molecule has 0 aromatic carbocycles. The number of pyridine rings is 2. The average Bonchev–Trinajstić information content (AvgIpc) is 3.55. The summed E-state index contributed by atoms with van der Waals surface area (Å²) in [5.41, 5.74) is -1.68. The molecule has 12 N–H and O–H groups in total. The third-order valence-electron chi connectivity index (χ3n) is 3.78. The van der Waals surface area contributed by atoms with E-state index >= 15 is 0 Å². The van der Waals surface area contributed by atoms with Crippen molar-refractivity contribution in [3.05, 3.63) is 96.6 Å². The second-order valence-corrected chi connectivity index (χ2v) is 6.26. The Morgan fingerprint density at radius 1 is 0.535 bits per heavy atom. The van der Waals surface area contributed by atoms with Crippen LogP contribution in [0.1, 0.15) is 42.0 Å². The van der Waals surface area contributed by atoms with Crippen LogP contribution >= 0.6 is 0 Å². The molecule has 4 aromatic rings. The van der Waals surface area contributed by atoms with Gasteiger partial charge >= 0.3 is 34.1 Å². The Morgan fingerprint density at radius 2 is 0.791 bits per heavy atom. The minimum Gasteiger partial charge on any atom is -0.543 e. The van der Waals surface area contributed by atoms with Crippen LogP contribution in [0.3, 0.4) is 0 Å². The maximum atomic E-state index is 10.2. The summed E-state index contributed by atoms with van der Waals surface area (Å²) in [5.74, 6) is -6.06. The maximum absolute atomic E-state index is 10.2. The zero-order valence-electron chi connectivity index (χ0n) is 21.2. The van der Waals surface area contributed by atoms with E-state index in [9.17, 15) is 39.6 Å². The molecule has 4 aromatic heterocycles. The summed E-state index contributed by atoms with van der Waals surface area (Å²) in [6.45, 7) is 0.778. The summed E-state index contributed by atoms with van der Waals surface area (Å²) in [6, 6.07) is 7.07. The number of imidazole rings is 2. The normalized spacial score (nSPS) is 7.81. The maximum Gasteiger partial charge on any atom is 2.00 e. The Hall–Kier alpha value is -4.60. The van der Waals surface area contributed by atoms with E-state index in [0.29, 0.717) is 0 Å². The molecule has 0 bridgehead atoms. The molecule has 0 aliphatic rings. The van der Waals surface area contributed by atoms with Gasteiger partial charge in [-0.05, 0) is 24.3 Å². The largest absolute Gasteiger partial charge is 2.00 e. The number of nitrogens with zero attached hydrogens (tertiary/aromatic N) is 6. The smallest absolute Gasteiger partial charge is 0.543 e. The van der Waals surface area contributed by atoms with E-state index in [-0.39, 0.29) is 67.0 Å². The monoisotopic (exact) mass is 712 g/mol. The van der Waals surface area contributed by atoms with Crippen LogP contribution in [-0.4, -0.2) is 85.8 Å². The molecular weight excluding hydrogens is 687 g/mol. The summed E-state index contributed by atoms with van der Waals surface area (Å²) in [4.78, 5) is 55.1. The molecule has 0 saturated heterocycles. The Labute approximate surface area is 262 Å². The van der Waals surface area contributed by atoms with Crippen molar-refractivity contribution < 1.29 is 107 Å². The number of carbonyl (C=O) groups is 4. The summed E-state index contributed by atoms with van der Waals surface area (Å²) in [6.07, 6.45) is 10.9. The van der Waals surface area contributed by atoms with E-state index < -0.39 is 46.7 Å². The molecular formula is C21H26Cu2N6O14. The first-order valence-electron chi connectivity index (χ1n) is 9.38. The third-order valence-corrected chi connectivity index (χ3v) is 3.78. The quantitative estimate of drug-likeness (QED) is 0.168. The molecule has 20 nitrogen and oxygen atoms in total.